The van der Waals surface area contributed by atoms with E-state index in [2.05, 4.69) is 36.2 Å². The van der Waals surface area contributed by atoms with E-state index in [0.29, 0.717) is 22.9 Å². The number of pyridine rings is 1. The molecule has 0 aliphatic heterocycles. The molecule has 0 aliphatic carbocycles. The Morgan fingerprint density at radius 3 is 2.48 bits per heavy atom. The molecule has 0 spiro atoms. The van der Waals surface area contributed by atoms with E-state index < -0.39 is 0 Å². The van der Waals surface area contributed by atoms with Gasteiger partial charge in [-0.1, -0.05) is 39.0 Å². The number of amides is 1. The van der Waals surface area contributed by atoms with Crippen molar-refractivity contribution in [1.82, 2.24) is 24.5 Å². The third-order valence-corrected chi connectivity index (χ3v) is 5.09. The predicted octanol–water partition coefficient (Wildman–Crippen LogP) is 4.62. The number of nitrogens with one attached hydrogen (secondary N) is 1. The molecule has 1 amide bonds. The van der Waals surface area contributed by atoms with Gasteiger partial charge in [0.2, 0.25) is 0 Å². The van der Waals surface area contributed by atoms with Crippen LogP contribution in [0.3, 0.4) is 0 Å². The number of carbonyl (C=O) groups excluding carboxylic acids is 1. The lowest BCUT2D eigenvalue weighted by Gasteiger charge is -2.14. The molecule has 0 fully saturated rings. The van der Waals surface area contributed by atoms with Crippen molar-refractivity contribution in [3.8, 4) is 11.5 Å². The van der Waals surface area contributed by atoms with Crippen LogP contribution in [-0.4, -0.2) is 30.5 Å². The molecule has 0 unspecified atom stereocenters. The van der Waals surface area contributed by atoms with E-state index in [1.807, 2.05) is 62.4 Å². The van der Waals surface area contributed by atoms with Crippen LogP contribution in [0.4, 0.5) is 5.82 Å². The van der Waals surface area contributed by atoms with Gasteiger partial charge in [-0.2, -0.15) is 10.2 Å². The standard InChI is InChI=1S/C24H26N6O/c1-16-9-8-10-18(13-16)30-22(14-20(28-30)24(3,4)5)27-23(31)19-15-26-29(17(19)2)21-11-6-7-12-25-21/h6-15H,1-5H3,(H,27,31). The average molecular weight is 415 g/mol. The lowest BCUT2D eigenvalue weighted by molar-refractivity contribution is 0.102. The van der Waals surface area contributed by atoms with Crippen LogP contribution in [0.5, 0.6) is 0 Å². The molecule has 0 atom stereocenters. The molecule has 31 heavy (non-hydrogen) atoms. The third-order valence-electron chi connectivity index (χ3n) is 5.09. The number of benzene rings is 1. The first-order valence-electron chi connectivity index (χ1n) is 10.2. The molecule has 3 aromatic heterocycles. The fraction of sp³-hybridized carbons (Fsp3) is 0.250. The van der Waals surface area contributed by atoms with Crippen LogP contribution >= 0.6 is 0 Å². The zero-order valence-electron chi connectivity index (χ0n) is 18.4. The zero-order valence-corrected chi connectivity index (χ0v) is 18.4. The monoisotopic (exact) mass is 414 g/mol. The van der Waals surface area contributed by atoms with Crippen molar-refractivity contribution in [2.75, 3.05) is 5.32 Å². The minimum atomic E-state index is -0.242. The summed E-state index contributed by atoms with van der Waals surface area (Å²) in [6.07, 6.45) is 3.27. The first-order valence-corrected chi connectivity index (χ1v) is 10.2. The van der Waals surface area contributed by atoms with Gasteiger partial charge in [-0.3, -0.25) is 4.79 Å². The number of carbonyl (C=O) groups is 1. The van der Waals surface area contributed by atoms with E-state index in [-0.39, 0.29) is 11.3 Å². The second-order valence-corrected chi connectivity index (χ2v) is 8.61. The Morgan fingerprint density at radius 1 is 1.00 bits per heavy atom. The molecular formula is C24H26N6O. The van der Waals surface area contributed by atoms with Crippen molar-refractivity contribution in [3.63, 3.8) is 0 Å². The van der Waals surface area contributed by atoms with E-state index in [1.165, 1.54) is 0 Å². The Morgan fingerprint density at radius 2 is 1.81 bits per heavy atom. The highest BCUT2D eigenvalue weighted by Crippen LogP contribution is 2.27. The third kappa shape index (κ3) is 4.12. The van der Waals surface area contributed by atoms with Crippen molar-refractivity contribution < 1.29 is 4.79 Å². The molecule has 0 bridgehead atoms. The maximum absolute atomic E-state index is 13.2. The van der Waals surface area contributed by atoms with Crippen molar-refractivity contribution in [3.05, 3.63) is 83.4 Å². The summed E-state index contributed by atoms with van der Waals surface area (Å²) in [5.74, 6) is 1.04. The van der Waals surface area contributed by atoms with Crippen LogP contribution in [-0.2, 0) is 5.41 Å². The maximum atomic E-state index is 13.2. The van der Waals surface area contributed by atoms with Gasteiger partial charge >= 0.3 is 0 Å². The smallest absolute Gasteiger partial charge is 0.260 e. The number of nitrogens with zero attached hydrogens (tertiary/aromatic N) is 5. The van der Waals surface area contributed by atoms with Gasteiger partial charge in [0.1, 0.15) is 5.82 Å². The van der Waals surface area contributed by atoms with Gasteiger partial charge in [-0.25, -0.2) is 14.3 Å². The summed E-state index contributed by atoms with van der Waals surface area (Å²) in [7, 11) is 0. The van der Waals surface area contributed by atoms with Gasteiger partial charge in [-0.15, -0.1) is 0 Å². The van der Waals surface area contributed by atoms with E-state index in [4.69, 9.17) is 5.10 Å². The highest BCUT2D eigenvalue weighted by atomic mass is 16.1. The molecule has 3 heterocycles. The first kappa shape index (κ1) is 20.5. The van der Waals surface area contributed by atoms with Crippen molar-refractivity contribution in [2.24, 2.45) is 0 Å². The van der Waals surface area contributed by atoms with Gasteiger partial charge in [0.05, 0.1) is 28.8 Å². The number of hydrogen-bond donors (Lipinski definition) is 1. The summed E-state index contributed by atoms with van der Waals surface area (Å²) in [5, 5.41) is 12.2. The Labute approximate surface area is 181 Å². The lowest BCUT2D eigenvalue weighted by atomic mass is 9.92. The summed E-state index contributed by atoms with van der Waals surface area (Å²) < 4.78 is 3.44. The van der Waals surface area contributed by atoms with Crippen LogP contribution in [0.1, 0.15) is 48.1 Å². The van der Waals surface area contributed by atoms with Crippen LogP contribution in [0.25, 0.3) is 11.5 Å². The summed E-state index contributed by atoms with van der Waals surface area (Å²) in [6.45, 7) is 10.2. The van der Waals surface area contributed by atoms with E-state index in [9.17, 15) is 4.79 Å². The van der Waals surface area contributed by atoms with Crippen molar-refractivity contribution in [1.29, 1.82) is 0 Å². The minimum absolute atomic E-state index is 0.158. The summed E-state index contributed by atoms with van der Waals surface area (Å²) >= 11 is 0. The molecule has 7 heteroatoms. The van der Waals surface area contributed by atoms with Crippen LogP contribution < -0.4 is 5.32 Å². The van der Waals surface area contributed by atoms with Crippen LogP contribution in [0, 0.1) is 13.8 Å². The molecule has 1 aromatic carbocycles. The second-order valence-electron chi connectivity index (χ2n) is 8.61. The zero-order chi connectivity index (χ0) is 22.2. The molecule has 158 valence electrons. The Kier molecular flexibility index (Phi) is 5.19. The van der Waals surface area contributed by atoms with Crippen LogP contribution in [0.15, 0.2) is 60.9 Å². The number of anilines is 1. The molecule has 4 aromatic rings. The van der Waals surface area contributed by atoms with Gasteiger partial charge in [-0.05, 0) is 43.7 Å². The second kappa shape index (κ2) is 7.83. The quantitative estimate of drug-likeness (QED) is 0.529. The largest absolute Gasteiger partial charge is 0.306 e. The Hall–Kier alpha value is -3.74. The predicted molar refractivity (Wildman–Crippen MR) is 121 cm³/mol. The molecule has 0 radical (unpaired) electrons. The van der Waals surface area contributed by atoms with Gasteiger partial charge in [0.25, 0.3) is 5.91 Å². The first-order chi connectivity index (χ1) is 14.7. The van der Waals surface area contributed by atoms with Gasteiger partial charge in [0.15, 0.2) is 5.82 Å². The molecule has 1 N–H and O–H groups in total. The number of aromatic nitrogens is 5. The SMILES string of the molecule is Cc1cccc(-n2nc(C(C)(C)C)cc2NC(=O)c2cnn(-c3ccccn3)c2C)c1. The van der Waals surface area contributed by atoms with Crippen molar-refractivity contribution in [2.45, 2.75) is 40.0 Å². The molecule has 4 rings (SSSR count). The number of aryl methyl sites for hydroxylation is 1. The van der Waals surface area contributed by atoms with Gasteiger partial charge < -0.3 is 5.32 Å². The van der Waals surface area contributed by atoms with E-state index >= 15 is 0 Å². The maximum Gasteiger partial charge on any atom is 0.260 e. The Balaban J connectivity index is 1.70. The minimum Gasteiger partial charge on any atom is -0.306 e. The molecule has 7 nitrogen and oxygen atoms in total. The van der Waals surface area contributed by atoms with E-state index in [0.717, 1.165) is 16.9 Å². The number of rotatable bonds is 4. The molecule has 0 saturated carbocycles. The highest BCUT2D eigenvalue weighted by molar-refractivity contribution is 6.04. The summed E-state index contributed by atoms with van der Waals surface area (Å²) in [5.41, 5.74) is 3.95. The Bertz CT molecular complexity index is 1230. The summed E-state index contributed by atoms with van der Waals surface area (Å²) in [4.78, 5) is 17.5. The molecule has 0 aliphatic rings. The van der Waals surface area contributed by atoms with E-state index in [1.54, 1.807) is 21.8 Å². The fourth-order valence-electron chi connectivity index (χ4n) is 3.32. The summed E-state index contributed by atoms with van der Waals surface area (Å²) in [6, 6.07) is 15.5. The average Bonchev–Trinajstić information content (AvgIpc) is 3.32. The normalized spacial score (nSPS) is 11.5. The topological polar surface area (TPSA) is 77.6 Å². The van der Waals surface area contributed by atoms with Crippen molar-refractivity contribution >= 4 is 11.7 Å². The lowest BCUT2D eigenvalue weighted by Crippen LogP contribution is -2.16. The van der Waals surface area contributed by atoms with Gasteiger partial charge in [0, 0.05) is 17.7 Å². The van der Waals surface area contributed by atoms with Crippen LogP contribution in [0.2, 0.25) is 0 Å². The number of hydrogen-bond acceptors (Lipinski definition) is 4. The highest BCUT2D eigenvalue weighted by Gasteiger charge is 2.23. The fourth-order valence-corrected chi connectivity index (χ4v) is 3.32. The molecular weight excluding hydrogens is 388 g/mol. The molecule has 0 saturated heterocycles.